The van der Waals surface area contributed by atoms with Gasteiger partial charge in [0.2, 0.25) is 0 Å². The van der Waals surface area contributed by atoms with E-state index in [1.165, 1.54) is 0 Å². The Kier molecular flexibility index (Phi) is 11.0. The summed E-state index contributed by atoms with van der Waals surface area (Å²) < 4.78 is 14.0. The highest BCUT2D eigenvalue weighted by Crippen LogP contribution is 2.53. The summed E-state index contributed by atoms with van der Waals surface area (Å²) in [6.45, 7) is 0. The van der Waals surface area contributed by atoms with E-state index in [4.69, 9.17) is 0 Å². The summed E-state index contributed by atoms with van der Waals surface area (Å²) in [7, 11) is 0. The highest BCUT2D eigenvalue weighted by molar-refractivity contribution is 7.27. The van der Waals surface area contributed by atoms with Crippen molar-refractivity contribution in [3.63, 3.8) is 0 Å². The lowest BCUT2D eigenvalue weighted by Crippen LogP contribution is -2.16. The first-order valence-corrected chi connectivity index (χ1v) is 34.0. The minimum atomic E-state index is 0.406. The highest BCUT2D eigenvalue weighted by Gasteiger charge is 2.36. The maximum absolute atomic E-state index is 13.5. The number of benzene rings is 15. The first-order chi connectivity index (χ1) is 47.6. The Balaban J connectivity index is 1.06. The van der Waals surface area contributed by atoms with Gasteiger partial charge in [-0.3, -0.25) is 0 Å². The van der Waals surface area contributed by atoms with E-state index < -0.39 is 0 Å². The van der Waals surface area contributed by atoms with Crippen LogP contribution in [0, 0.1) is 22.7 Å². The standard InChI is InChI=1S/C88H48N6S2/c89-49-71-82(92-75-35-13-7-27-61(75)62-28-8-14-36-76(62)92)84(94-78-48-54(58-32-18-22-52-20-2-4-24-56(52)58)40-42-64(78)68-44-46-70-66-30-10-16-38-80(66)96-88(70)86(68)94)72(50-90)81(91-73-33-11-5-25-59(73)60-26-6-12-34-74(60)91)83(71)93-77-47-53(57-31-17-21-51-19-1-3-23-55(51)57)39-41-63(77)67-43-45-69-65-29-9-15-37-79(65)95-87(69)85(67)93/h1-48H. The lowest BCUT2D eigenvalue weighted by atomic mass is 9.96. The minimum Gasteiger partial charge on any atom is -0.306 e. The van der Waals surface area contributed by atoms with E-state index in [0.29, 0.717) is 33.9 Å². The summed E-state index contributed by atoms with van der Waals surface area (Å²) in [4.78, 5) is 0. The first kappa shape index (κ1) is 53.0. The van der Waals surface area contributed by atoms with Crippen molar-refractivity contribution in [3.8, 4) is 57.1 Å². The molecule has 6 nitrogen and oxygen atoms in total. The number of hydrogen-bond donors (Lipinski definition) is 0. The van der Waals surface area contributed by atoms with Crippen LogP contribution >= 0.6 is 22.7 Å². The van der Waals surface area contributed by atoms with Crippen molar-refractivity contribution in [1.29, 1.82) is 10.5 Å². The molecule has 0 radical (unpaired) electrons. The largest absolute Gasteiger partial charge is 0.306 e. The van der Waals surface area contributed by atoms with Crippen LogP contribution in [0.15, 0.2) is 291 Å². The minimum absolute atomic E-state index is 0.406. The molecule has 96 heavy (non-hydrogen) atoms. The molecule has 0 N–H and O–H groups in total. The van der Waals surface area contributed by atoms with E-state index in [0.717, 1.165) is 171 Å². The molecule has 0 unspecified atom stereocenters. The molecule has 6 aromatic heterocycles. The Morgan fingerprint density at radius 1 is 0.240 bits per heavy atom. The molecule has 0 amide bonds. The van der Waals surface area contributed by atoms with Gasteiger partial charge in [-0.05, 0) is 92.3 Å². The Bertz CT molecular complexity index is 6580. The number of nitriles is 2. The van der Waals surface area contributed by atoms with Crippen molar-refractivity contribution in [2.45, 2.75) is 0 Å². The summed E-state index contributed by atoms with van der Waals surface area (Å²) >= 11 is 3.56. The van der Waals surface area contributed by atoms with Crippen LogP contribution in [0.3, 0.4) is 0 Å². The normalized spacial score (nSPS) is 12.1. The summed E-state index contributed by atoms with van der Waals surface area (Å²) in [5.41, 5.74) is 14.9. The molecule has 0 aliphatic carbocycles. The molecule has 0 bridgehead atoms. The number of fused-ring (bicyclic) bond motifs is 22. The van der Waals surface area contributed by atoms with E-state index in [9.17, 15) is 10.5 Å². The van der Waals surface area contributed by atoms with Gasteiger partial charge in [0.25, 0.3) is 0 Å². The second-order valence-corrected chi connectivity index (χ2v) is 27.3. The molecule has 0 saturated carbocycles. The zero-order valence-electron chi connectivity index (χ0n) is 51.2. The predicted molar refractivity (Wildman–Crippen MR) is 405 cm³/mol. The van der Waals surface area contributed by atoms with Gasteiger partial charge in [0.15, 0.2) is 0 Å². The highest BCUT2D eigenvalue weighted by atomic mass is 32.1. The van der Waals surface area contributed by atoms with Crippen molar-refractivity contribution in [2.24, 2.45) is 0 Å². The van der Waals surface area contributed by atoms with Gasteiger partial charge in [0, 0.05) is 74.0 Å². The average Bonchev–Trinajstić information content (AvgIpc) is 1.47. The summed E-state index contributed by atoms with van der Waals surface area (Å²) in [5.74, 6) is 0. The molecule has 0 spiro atoms. The van der Waals surface area contributed by atoms with Crippen molar-refractivity contribution in [3.05, 3.63) is 302 Å². The number of para-hydroxylation sites is 4. The van der Waals surface area contributed by atoms with Crippen molar-refractivity contribution >= 4 is 172 Å². The molecule has 21 rings (SSSR count). The average molecular weight is 1250 g/mol. The van der Waals surface area contributed by atoms with Gasteiger partial charge in [0.05, 0.1) is 76.3 Å². The van der Waals surface area contributed by atoms with Crippen molar-refractivity contribution in [1.82, 2.24) is 18.3 Å². The van der Waals surface area contributed by atoms with Gasteiger partial charge < -0.3 is 18.3 Å². The van der Waals surface area contributed by atoms with Gasteiger partial charge in [-0.1, -0.05) is 243 Å². The number of thiophene rings is 2. The first-order valence-electron chi connectivity index (χ1n) is 32.4. The summed E-state index contributed by atoms with van der Waals surface area (Å²) in [6.07, 6.45) is 0. The monoisotopic (exact) mass is 1250 g/mol. The molecule has 0 aliphatic heterocycles. The van der Waals surface area contributed by atoms with Crippen LogP contribution in [-0.2, 0) is 0 Å². The molecule has 8 heteroatoms. The van der Waals surface area contributed by atoms with Crippen LogP contribution < -0.4 is 0 Å². The van der Waals surface area contributed by atoms with Gasteiger partial charge in [-0.15, -0.1) is 22.7 Å². The summed E-state index contributed by atoms with van der Waals surface area (Å²) in [5, 5.41) is 44.5. The van der Waals surface area contributed by atoms with E-state index in [1.54, 1.807) is 22.7 Å². The molecule has 0 aliphatic rings. The molecule has 21 aromatic rings. The molecule has 6 heterocycles. The van der Waals surface area contributed by atoms with Crippen LogP contribution in [0.25, 0.3) is 194 Å². The van der Waals surface area contributed by atoms with E-state index in [-0.39, 0.29) is 0 Å². The molecule has 0 fully saturated rings. The lowest BCUT2D eigenvalue weighted by Gasteiger charge is -2.27. The third-order valence-corrected chi connectivity index (χ3v) is 22.8. The fraction of sp³-hybridized carbons (Fsp3) is 0. The van der Waals surface area contributed by atoms with Crippen LogP contribution in [0.2, 0.25) is 0 Å². The maximum Gasteiger partial charge on any atom is 0.104 e. The fourth-order valence-corrected chi connectivity index (χ4v) is 18.9. The topological polar surface area (TPSA) is 67.3 Å². The maximum atomic E-state index is 13.5. The molecular weight excluding hydrogens is 1210 g/mol. The Labute approximate surface area is 556 Å². The van der Waals surface area contributed by atoms with Crippen LogP contribution in [0.4, 0.5) is 0 Å². The number of hydrogen-bond acceptors (Lipinski definition) is 4. The van der Waals surface area contributed by atoms with Gasteiger partial charge in [-0.25, -0.2) is 0 Å². The zero-order valence-corrected chi connectivity index (χ0v) is 52.8. The van der Waals surface area contributed by atoms with Gasteiger partial charge in [-0.2, -0.15) is 10.5 Å². The second-order valence-electron chi connectivity index (χ2n) is 25.2. The van der Waals surface area contributed by atoms with Crippen molar-refractivity contribution < 1.29 is 0 Å². The van der Waals surface area contributed by atoms with Crippen molar-refractivity contribution in [2.75, 3.05) is 0 Å². The third kappa shape index (κ3) is 7.15. The smallest absolute Gasteiger partial charge is 0.104 e. The van der Waals surface area contributed by atoms with Gasteiger partial charge >= 0.3 is 0 Å². The predicted octanol–water partition coefficient (Wildman–Crippen LogP) is 24.2. The van der Waals surface area contributed by atoms with Crippen LogP contribution in [0.1, 0.15) is 11.1 Å². The van der Waals surface area contributed by atoms with E-state index >= 15 is 0 Å². The van der Waals surface area contributed by atoms with E-state index in [2.05, 4.69) is 322 Å². The Morgan fingerprint density at radius 2 is 0.542 bits per heavy atom. The Hall–Kier alpha value is -12.6. The number of nitrogens with zero attached hydrogens (tertiary/aromatic N) is 6. The quantitative estimate of drug-likeness (QED) is 0.166. The second kappa shape index (κ2) is 20.0. The zero-order chi connectivity index (χ0) is 63.0. The van der Waals surface area contributed by atoms with E-state index in [1.807, 2.05) is 0 Å². The number of aromatic nitrogens is 4. The van der Waals surface area contributed by atoms with Gasteiger partial charge in [0.1, 0.15) is 23.3 Å². The van der Waals surface area contributed by atoms with Crippen LogP contribution in [0.5, 0.6) is 0 Å². The number of rotatable bonds is 6. The fourth-order valence-electron chi connectivity index (χ4n) is 16.4. The lowest BCUT2D eigenvalue weighted by molar-refractivity contribution is 1.03. The molecule has 0 saturated heterocycles. The Morgan fingerprint density at radius 3 is 0.938 bits per heavy atom. The molecule has 442 valence electrons. The molecular formula is C88H48N6S2. The van der Waals surface area contributed by atoms with Crippen LogP contribution in [-0.4, -0.2) is 18.3 Å². The SMILES string of the molecule is N#Cc1c(-n2c3ccccc3c3ccccc32)c(-n2c3cc(-c4cccc5ccccc45)ccc3c3ccc4c5ccccc5sc4c32)c(C#N)c(-n2c3ccccc3c3ccccc32)c1-n1c2cc(-c3cccc4ccccc34)ccc2c2ccc3c4ccccc4sc3c21. The third-order valence-electron chi connectivity index (χ3n) is 20.4. The summed E-state index contributed by atoms with van der Waals surface area (Å²) in [6, 6.07) is 111. The molecule has 15 aromatic carbocycles. The molecule has 0 atom stereocenters.